The number of hydrogen-bond acceptors (Lipinski definition) is 4. The predicted molar refractivity (Wildman–Crippen MR) is 108 cm³/mol. The first-order valence-electron chi connectivity index (χ1n) is 9.27. The Morgan fingerprint density at radius 3 is 2.18 bits per heavy atom. The van der Waals surface area contributed by atoms with E-state index in [0.29, 0.717) is 6.42 Å². The average Bonchev–Trinajstić information content (AvgIpc) is 2.61. The van der Waals surface area contributed by atoms with E-state index in [9.17, 15) is 14.7 Å². The molecular weight excluding hydrogens is 356 g/mol. The van der Waals surface area contributed by atoms with Crippen LogP contribution in [0.1, 0.15) is 44.9 Å². The van der Waals surface area contributed by atoms with Crippen molar-refractivity contribution in [3.8, 4) is 5.75 Å². The van der Waals surface area contributed by atoms with Crippen molar-refractivity contribution in [2.45, 2.75) is 51.8 Å². The van der Waals surface area contributed by atoms with Crippen LogP contribution in [-0.4, -0.2) is 28.7 Å². The number of ether oxygens (including phenoxy) is 1. The highest BCUT2D eigenvalue weighted by atomic mass is 16.6. The molecule has 0 saturated heterocycles. The molecule has 0 aliphatic heterocycles. The lowest BCUT2D eigenvalue weighted by atomic mass is 10.0. The van der Waals surface area contributed by atoms with Gasteiger partial charge in [-0.2, -0.15) is 0 Å². The number of rotatable bonds is 6. The van der Waals surface area contributed by atoms with E-state index in [-0.39, 0.29) is 17.7 Å². The molecule has 0 aliphatic carbocycles. The van der Waals surface area contributed by atoms with Gasteiger partial charge >= 0.3 is 6.09 Å². The second-order valence-electron chi connectivity index (χ2n) is 7.71. The summed E-state index contributed by atoms with van der Waals surface area (Å²) in [7, 11) is 0. The van der Waals surface area contributed by atoms with Gasteiger partial charge in [-0.15, -0.1) is 0 Å². The minimum Gasteiger partial charge on any atom is -0.508 e. The van der Waals surface area contributed by atoms with Gasteiger partial charge in [0.2, 0.25) is 5.91 Å². The van der Waals surface area contributed by atoms with Crippen molar-refractivity contribution >= 4 is 12.0 Å². The highest BCUT2D eigenvalue weighted by Gasteiger charge is 2.25. The standard InChI is InChI=1S/C22H28N2O4/c1-15(17-10-12-18(25)13-11-17)23-20(26)19(14-16-8-6-5-7-9-16)24-21(27)28-22(2,3)4/h5-13,15,19,25H,14H2,1-4H3,(H,23,26)(H,24,27)/t15-,19+/m0/s1. The minimum absolute atomic E-state index is 0.163. The molecule has 2 aromatic carbocycles. The first-order chi connectivity index (χ1) is 13.1. The van der Waals surface area contributed by atoms with Gasteiger partial charge in [0.25, 0.3) is 0 Å². The minimum atomic E-state index is -0.781. The van der Waals surface area contributed by atoms with Gasteiger partial charge in [-0.3, -0.25) is 4.79 Å². The van der Waals surface area contributed by atoms with Gasteiger partial charge < -0.3 is 20.5 Å². The Bertz CT molecular complexity index is 782. The SMILES string of the molecule is C[C@H](NC(=O)[C@@H](Cc1ccccc1)NC(=O)OC(C)(C)C)c1ccc(O)cc1. The molecular formula is C22H28N2O4. The summed E-state index contributed by atoms with van der Waals surface area (Å²) in [6.45, 7) is 7.15. The maximum Gasteiger partial charge on any atom is 0.408 e. The lowest BCUT2D eigenvalue weighted by molar-refractivity contribution is -0.123. The number of phenolic OH excluding ortho intramolecular Hbond substituents is 1. The molecule has 2 aromatic rings. The molecule has 28 heavy (non-hydrogen) atoms. The van der Waals surface area contributed by atoms with Crippen molar-refractivity contribution in [3.05, 3.63) is 65.7 Å². The van der Waals surface area contributed by atoms with Crippen LogP contribution in [0.3, 0.4) is 0 Å². The Hall–Kier alpha value is -3.02. The van der Waals surface area contributed by atoms with Crippen LogP contribution in [-0.2, 0) is 16.0 Å². The van der Waals surface area contributed by atoms with Crippen LogP contribution in [0.25, 0.3) is 0 Å². The summed E-state index contributed by atoms with van der Waals surface area (Å²) >= 11 is 0. The molecule has 0 aliphatic rings. The molecule has 2 atom stereocenters. The van der Waals surface area contributed by atoms with Crippen molar-refractivity contribution in [1.29, 1.82) is 0 Å². The molecule has 6 heteroatoms. The molecule has 0 bridgehead atoms. The third-order valence-electron chi connectivity index (χ3n) is 4.04. The number of benzene rings is 2. The number of aromatic hydroxyl groups is 1. The summed E-state index contributed by atoms with van der Waals surface area (Å²) in [4.78, 5) is 25.1. The first-order valence-corrected chi connectivity index (χ1v) is 9.27. The number of amides is 2. The topological polar surface area (TPSA) is 87.7 Å². The molecule has 6 nitrogen and oxygen atoms in total. The van der Waals surface area contributed by atoms with Crippen LogP contribution >= 0.6 is 0 Å². The lowest BCUT2D eigenvalue weighted by Gasteiger charge is -2.24. The van der Waals surface area contributed by atoms with Gasteiger partial charge in [-0.25, -0.2) is 4.79 Å². The summed E-state index contributed by atoms with van der Waals surface area (Å²) in [5, 5.41) is 15.0. The fraction of sp³-hybridized carbons (Fsp3) is 0.364. The van der Waals surface area contributed by atoms with E-state index in [0.717, 1.165) is 11.1 Å². The van der Waals surface area contributed by atoms with Gasteiger partial charge in [-0.1, -0.05) is 42.5 Å². The smallest absolute Gasteiger partial charge is 0.408 e. The third-order valence-corrected chi connectivity index (χ3v) is 4.04. The Balaban J connectivity index is 2.10. The van der Waals surface area contributed by atoms with Crippen LogP contribution in [0.2, 0.25) is 0 Å². The highest BCUT2D eigenvalue weighted by molar-refractivity contribution is 5.86. The number of hydrogen-bond donors (Lipinski definition) is 3. The van der Waals surface area contributed by atoms with Gasteiger partial charge in [-0.05, 0) is 51.0 Å². The van der Waals surface area contributed by atoms with Gasteiger partial charge in [0.05, 0.1) is 6.04 Å². The highest BCUT2D eigenvalue weighted by Crippen LogP contribution is 2.17. The van der Waals surface area contributed by atoms with Crippen molar-refractivity contribution in [2.24, 2.45) is 0 Å². The quantitative estimate of drug-likeness (QED) is 0.709. The predicted octanol–water partition coefficient (Wildman–Crippen LogP) is 3.71. The summed E-state index contributed by atoms with van der Waals surface area (Å²) in [6.07, 6.45) is -0.297. The Morgan fingerprint density at radius 2 is 1.61 bits per heavy atom. The maximum absolute atomic E-state index is 12.9. The normalized spacial score (nSPS) is 13.3. The van der Waals surface area contributed by atoms with Gasteiger partial charge in [0.1, 0.15) is 17.4 Å². The number of nitrogens with one attached hydrogen (secondary N) is 2. The average molecular weight is 384 g/mol. The molecule has 0 aromatic heterocycles. The van der Waals surface area contributed by atoms with Crippen LogP contribution < -0.4 is 10.6 Å². The molecule has 2 amide bonds. The molecule has 0 heterocycles. The molecule has 150 valence electrons. The number of alkyl carbamates (subject to hydrolysis) is 1. The van der Waals surface area contributed by atoms with Crippen molar-refractivity contribution < 1.29 is 19.4 Å². The van der Waals surface area contributed by atoms with E-state index in [1.165, 1.54) is 0 Å². The Labute approximate surface area is 165 Å². The van der Waals surface area contributed by atoms with Crippen molar-refractivity contribution in [3.63, 3.8) is 0 Å². The molecule has 2 rings (SSSR count). The third kappa shape index (κ3) is 6.95. The summed E-state index contributed by atoms with van der Waals surface area (Å²) in [5.74, 6) is -0.147. The van der Waals surface area contributed by atoms with Gasteiger partial charge in [0, 0.05) is 6.42 Å². The zero-order chi connectivity index (χ0) is 20.7. The maximum atomic E-state index is 12.9. The van der Waals surface area contributed by atoms with Gasteiger partial charge in [0.15, 0.2) is 0 Å². The first kappa shape index (κ1) is 21.3. The molecule has 3 N–H and O–H groups in total. The molecule has 0 spiro atoms. The largest absolute Gasteiger partial charge is 0.508 e. The van der Waals surface area contributed by atoms with E-state index in [1.54, 1.807) is 45.0 Å². The van der Waals surface area contributed by atoms with Crippen molar-refractivity contribution in [2.75, 3.05) is 0 Å². The second kappa shape index (κ2) is 9.26. The van der Waals surface area contributed by atoms with E-state index in [1.807, 2.05) is 37.3 Å². The van der Waals surface area contributed by atoms with Crippen LogP contribution in [0.15, 0.2) is 54.6 Å². The van der Waals surface area contributed by atoms with E-state index >= 15 is 0 Å². The van der Waals surface area contributed by atoms with Crippen molar-refractivity contribution in [1.82, 2.24) is 10.6 Å². The molecule has 0 unspecified atom stereocenters. The Kier molecular flexibility index (Phi) is 7.04. The van der Waals surface area contributed by atoms with Crippen LogP contribution in [0.4, 0.5) is 4.79 Å². The zero-order valence-electron chi connectivity index (χ0n) is 16.7. The number of carbonyl (C=O) groups is 2. The Morgan fingerprint density at radius 1 is 1.00 bits per heavy atom. The zero-order valence-corrected chi connectivity index (χ0v) is 16.7. The fourth-order valence-electron chi connectivity index (χ4n) is 2.67. The fourth-order valence-corrected chi connectivity index (χ4v) is 2.67. The second-order valence-corrected chi connectivity index (χ2v) is 7.71. The summed E-state index contributed by atoms with van der Waals surface area (Å²) < 4.78 is 5.30. The monoisotopic (exact) mass is 384 g/mol. The van der Waals surface area contributed by atoms with Crippen LogP contribution in [0, 0.1) is 0 Å². The molecule has 0 fully saturated rings. The van der Waals surface area contributed by atoms with E-state index < -0.39 is 17.7 Å². The lowest BCUT2D eigenvalue weighted by Crippen LogP contribution is -2.49. The van der Waals surface area contributed by atoms with Crippen LogP contribution in [0.5, 0.6) is 5.75 Å². The molecule has 0 radical (unpaired) electrons. The number of phenols is 1. The van der Waals surface area contributed by atoms with E-state index in [2.05, 4.69) is 10.6 Å². The summed E-state index contributed by atoms with van der Waals surface area (Å²) in [6, 6.07) is 15.0. The number of carbonyl (C=O) groups excluding carboxylic acids is 2. The van der Waals surface area contributed by atoms with E-state index in [4.69, 9.17) is 4.74 Å². The summed E-state index contributed by atoms with van der Waals surface area (Å²) in [5.41, 5.74) is 1.12. The molecule has 0 saturated carbocycles.